The Kier molecular flexibility index (Phi) is 4.71. The molecular weight excluding hydrogens is 259 g/mol. The maximum atomic E-state index is 13.3. The molecule has 1 aromatic heterocycles. The van der Waals surface area contributed by atoms with Crippen molar-refractivity contribution in [2.45, 2.75) is 45.6 Å². The third kappa shape index (κ3) is 3.35. The van der Waals surface area contributed by atoms with Gasteiger partial charge in [-0.2, -0.15) is 0 Å². The van der Waals surface area contributed by atoms with E-state index in [2.05, 4.69) is 16.5 Å². The molecule has 2 rings (SSSR count). The molecule has 0 unspecified atom stereocenters. The van der Waals surface area contributed by atoms with Crippen LogP contribution in [0.25, 0.3) is 11.0 Å². The number of hydrogen-bond donors (Lipinski definition) is 1. The number of hydrogen-bond acceptors (Lipinski definition) is 2. The summed E-state index contributed by atoms with van der Waals surface area (Å²) in [6, 6.07) is 4.61. The number of aryl methyl sites for hydroxylation is 2. The number of carboxylic acids is 1. The molecule has 0 fully saturated rings. The molecule has 0 bridgehead atoms. The molecule has 0 aliphatic rings. The van der Waals surface area contributed by atoms with Gasteiger partial charge >= 0.3 is 5.97 Å². The summed E-state index contributed by atoms with van der Waals surface area (Å²) in [4.78, 5) is 15.0. The molecule has 1 N–H and O–H groups in total. The molecule has 0 aliphatic heterocycles. The van der Waals surface area contributed by atoms with Gasteiger partial charge < -0.3 is 9.67 Å². The second-order valence-electron chi connectivity index (χ2n) is 4.91. The summed E-state index contributed by atoms with van der Waals surface area (Å²) in [6.45, 7) is 2.95. The normalized spacial score (nSPS) is 11.1. The molecule has 0 amide bonds. The van der Waals surface area contributed by atoms with E-state index >= 15 is 0 Å². The van der Waals surface area contributed by atoms with E-state index < -0.39 is 5.97 Å². The zero-order chi connectivity index (χ0) is 14.5. The highest BCUT2D eigenvalue weighted by atomic mass is 19.1. The highest BCUT2D eigenvalue weighted by Crippen LogP contribution is 2.19. The van der Waals surface area contributed by atoms with Gasteiger partial charge in [0.15, 0.2) is 0 Å². The Morgan fingerprint density at radius 3 is 2.90 bits per heavy atom. The lowest BCUT2D eigenvalue weighted by atomic mass is 10.2. The van der Waals surface area contributed by atoms with Crippen molar-refractivity contribution in [1.29, 1.82) is 0 Å². The van der Waals surface area contributed by atoms with Gasteiger partial charge in [0.2, 0.25) is 0 Å². The smallest absolute Gasteiger partial charge is 0.303 e. The van der Waals surface area contributed by atoms with E-state index in [-0.39, 0.29) is 12.2 Å². The fourth-order valence-corrected chi connectivity index (χ4v) is 2.31. The zero-order valence-corrected chi connectivity index (χ0v) is 11.6. The van der Waals surface area contributed by atoms with Crippen LogP contribution < -0.4 is 0 Å². The van der Waals surface area contributed by atoms with Gasteiger partial charge in [-0.3, -0.25) is 4.79 Å². The molecule has 20 heavy (non-hydrogen) atoms. The molecule has 4 nitrogen and oxygen atoms in total. The van der Waals surface area contributed by atoms with Gasteiger partial charge in [0.05, 0.1) is 11.0 Å². The van der Waals surface area contributed by atoms with Crippen molar-refractivity contribution < 1.29 is 14.3 Å². The summed E-state index contributed by atoms with van der Waals surface area (Å²) in [6.07, 6.45) is 3.37. The van der Waals surface area contributed by atoms with Crippen LogP contribution in [-0.2, 0) is 17.8 Å². The van der Waals surface area contributed by atoms with Crippen molar-refractivity contribution in [1.82, 2.24) is 9.55 Å². The Hall–Kier alpha value is -1.91. The maximum absolute atomic E-state index is 13.3. The lowest BCUT2D eigenvalue weighted by Gasteiger charge is -2.08. The summed E-state index contributed by atoms with van der Waals surface area (Å²) < 4.78 is 15.3. The Labute approximate surface area is 117 Å². The summed E-state index contributed by atoms with van der Waals surface area (Å²) in [7, 11) is 0. The number of imidazole rings is 1. The van der Waals surface area contributed by atoms with E-state index in [1.807, 2.05) is 0 Å². The van der Waals surface area contributed by atoms with Gasteiger partial charge in [-0.05, 0) is 25.0 Å². The number of carbonyl (C=O) groups is 1. The number of unbranched alkanes of at least 4 members (excludes halogenated alkanes) is 1. The van der Waals surface area contributed by atoms with Gasteiger partial charge in [0, 0.05) is 25.5 Å². The second-order valence-corrected chi connectivity index (χ2v) is 4.91. The maximum Gasteiger partial charge on any atom is 0.303 e. The minimum absolute atomic E-state index is 0.130. The summed E-state index contributed by atoms with van der Waals surface area (Å²) in [5, 5.41) is 8.70. The SMILES string of the molecule is CCCCn1c(CCCC(=O)O)nc2cc(F)ccc21. The van der Waals surface area contributed by atoms with E-state index in [9.17, 15) is 9.18 Å². The van der Waals surface area contributed by atoms with Crippen LogP contribution in [-0.4, -0.2) is 20.6 Å². The molecular formula is C15H19FN2O2. The Morgan fingerprint density at radius 1 is 1.40 bits per heavy atom. The average molecular weight is 278 g/mol. The third-order valence-electron chi connectivity index (χ3n) is 3.32. The fourth-order valence-electron chi connectivity index (χ4n) is 2.31. The minimum Gasteiger partial charge on any atom is -0.481 e. The molecule has 1 aromatic carbocycles. The molecule has 0 atom stereocenters. The Morgan fingerprint density at radius 2 is 2.20 bits per heavy atom. The Bertz CT molecular complexity index is 607. The number of aromatic nitrogens is 2. The predicted molar refractivity (Wildman–Crippen MR) is 75.2 cm³/mol. The molecule has 2 aromatic rings. The second kappa shape index (κ2) is 6.50. The van der Waals surface area contributed by atoms with Gasteiger partial charge in [-0.25, -0.2) is 9.37 Å². The molecule has 0 radical (unpaired) electrons. The summed E-state index contributed by atoms with van der Waals surface area (Å²) in [5.41, 5.74) is 1.57. The first-order valence-corrected chi connectivity index (χ1v) is 6.98. The molecule has 5 heteroatoms. The van der Waals surface area contributed by atoms with Gasteiger partial charge in [0.1, 0.15) is 11.6 Å². The quantitative estimate of drug-likeness (QED) is 0.844. The van der Waals surface area contributed by atoms with E-state index in [1.54, 1.807) is 6.07 Å². The van der Waals surface area contributed by atoms with Gasteiger partial charge in [-0.15, -0.1) is 0 Å². The van der Waals surface area contributed by atoms with Crippen LogP contribution in [0.1, 0.15) is 38.4 Å². The van der Waals surface area contributed by atoms with Crippen molar-refractivity contribution in [3.05, 3.63) is 29.8 Å². The van der Waals surface area contributed by atoms with Crippen LogP contribution in [0, 0.1) is 5.82 Å². The number of nitrogens with zero attached hydrogens (tertiary/aromatic N) is 2. The summed E-state index contributed by atoms with van der Waals surface area (Å²) >= 11 is 0. The van der Waals surface area contributed by atoms with Crippen molar-refractivity contribution >= 4 is 17.0 Å². The number of aliphatic carboxylic acids is 1. The van der Waals surface area contributed by atoms with E-state index in [0.717, 1.165) is 30.7 Å². The van der Waals surface area contributed by atoms with Crippen LogP contribution in [0.4, 0.5) is 4.39 Å². The zero-order valence-electron chi connectivity index (χ0n) is 11.6. The third-order valence-corrected chi connectivity index (χ3v) is 3.32. The lowest BCUT2D eigenvalue weighted by molar-refractivity contribution is -0.137. The van der Waals surface area contributed by atoms with Crippen molar-refractivity contribution in [2.24, 2.45) is 0 Å². The first-order valence-electron chi connectivity index (χ1n) is 6.98. The fraction of sp³-hybridized carbons (Fsp3) is 0.467. The largest absolute Gasteiger partial charge is 0.481 e. The molecule has 108 valence electrons. The first-order chi connectivity index (χ1) is 9.61. The van der Waals surface area contributed by atoms with Crippen LogP contribution in [0.5, 0.6) is 0 Å². The van der Waals surface area contributed by atoms with Crippen molar-refractivity contribution in [2.75, 3.05) is 0 Å². The van der Waals surface area contributed by atoms with E-state index in [1.165, 1.54) is 12.1 Å². The Balaban J connectivity index is 2.27. The lowest BCUT2D eigenvalue weighted by Crippen LogP contribution is -2.05. The first kappa shape index (κ1) is 14.5. The molecule has 0 saturated carbocycles. The molecule has 0 spiro atoms. The van der Waals surface area contributed by atoms with Crippen molar-refractivity contribution in [3.63, 3.8) is 0 Å². The number of halogens is 1. The van der Waals surface area contributed by atoms with Gasteiger partial charge in [0.25, 0.3) is 0 Å². The molecule has 0 aliphatic carbocycles. The monoisotopic (exact) mass is 278 g/mol. The highest BCUT2D eigenvalue weighted by molar-refractivity contribution is 5.76. The standard InChI is InChI=1S/C15H19FN2O2/c1-2-3-9-18-13-8-7-11(16)10-12(13)17-14(18)5-4-6-15(19)20/h7-8,10H,2-6,9H2,1H3,(H,19,20). The number of benzene rings is 1. The highest BCUT2D eigenvalue weighted by Gasteiger charge is 2.11. The van der Waals surface area contributed by atoms with E-state index in [4.69, 9.17) is 5.11 Å². The van der Waals surface area contributed by atoms with Crippen LogP contribution in [0.15, 0.2) is 18.2 Å². The number of rotatable bonds is 7. The van der Waals surface area contributed by atoms with E-state index in [0.29, 0.717) is 18.4 Å². The molecule has 0 saturated heterocycles. The minimum atomic E-state index is -0.799. The van der Waals surface area contributed by atoms with Crippen LogP contribution >= 0.6 is 0 Å². The average Bonchev–Trinajstić information content (AvgIpc) is 2.72. The van der Waals surface area contributed by atoms with Crippen LogP contribution in [0.2, 0.25) is 0 Å². The summed E-state index contributed by atoms with van der Waals surface area (Å²) in [5.74, 6) is -0.248. The van der Waals surface area contributed by atoms with Gasteiger partial charge in [-0.1, -0.05) is 13.3 Å². The number of fused-ring (bicyclic) bond motifs is 1. The van der Waals surface area contributed by atoms with Crippen LogP contribution in [0.3, 0.4) is 0 Å². The van der Waals surface area contributed by atoms with Crippen molar-refractivity contribution in [3.8, 4) is 0 Å². The number of carboxylic acid groups (broad SMARTS) is 1. The topological polar surface area (TPSA) is 55.1 Å². The molecule has 1 heterocycles. The predicted octanol–water partition coefficient (Wildman–Crippen LogP) is 3.38.